The molecular formula is C19H21ClN2O3S. The van der Waals surface area contributed by atoms with Crippen molar-refractivity contribution >= 4 is 27.5 Å². The van der Waals surface area contributed by atoms with Gasteiger partial charge in [0.05, 0.1) is 6.26 Å². The van der Waals surface area contributed by atoms with E-state index in [1.807, 2.05) is 42.5 Å². The minimum absolute atomic E-state index is 0.224. The molecule has 2 aromatic rings. The fourth-order valence-electron chi connectivity index (χ4n) is 3.21. The van der Waals surface area contributed by atoms with E-state index < -0.39 is 16.1 Å². The van der Waals surface area contributed by atoms with Gasteiger partial charge >= 0.3 is 0 Å². The van der Waals surface area contributed by atoms with Crippen molar-refractivity contribution in [1.29, 1.82) is 0 Å². The molecule has 1 atom stereocenters. The molecule has 3 rings (SSSR count). The monoisotopic (exact) mass is 392 g/mol. The number of sulfonamides is 1. The number of rotatable bonds is 5. The molecule has 1 aliphatic heterocycles. The average Bonchev–Trinajstić information content (AvgIpc) is 2.60. The van der Waals surface area contributed by atoms with Gasteiger partial charge in [0.25, 0.3) is 0 Å². The zero-order chi connectivity index (χ0) is 18.7. The van der Waals surface area contributed by atoms with Crippen LogP contribution in [-0.2, 0) is 34.2 Å². The van der Waals surface area contributed by atoms with Crippen molar-refractivity contribution in [2.24, 2.45) is 0 Å². The number of carbonyl (C=O) groups is 1. The van der Waals surface area contributed by atoms with E-state index in [0.717, 1.165) is 22.9 Å². The molecule has 1 heterocycles. The largest absolute Gasteiger partial charge is 0.354 e. The quantitative estimate of drug-likeness (QED) is 0.849. The first-order valence-electron chi connectivity index (χ1n) is 8.40. The third kappa shape index (κ3) is 4.44. The van der Waals surface area contributed by atoms with Gasteiger partial charge in [0.15, 0.2) is 0 Å². The standard InChI is InChI=1S/C19H21ClN2O3S/c1-26(24,25)22-13-16-7-3-2-6-15(16)12-18(22)19(23)21-10-9-14-5-4-8-17(20)11-14/h2-8,11,18H,9-10,12-13H2,1H3,(H,21,23)/t18-/m1/s1. The highest BCUT2D eigenvalue weighted by Crippen LogP contribution is 2.25. The van der Waals surface area contributed by atoms with Gasteiger partial charge < -0.3 is 5.32 Å². The maximum absolute atomic E-state index is 12.7. The summed E-state index contributed by atoms with van der Waals surface area (Å²) in [5, 5.41) is 3.52. The molecule has 1 amide bonds. The fraction of sp³-hybridized carbons (Fsp3) is 0.316. The molecule has 1 N–H and O–H groups in total. The zero-order valence-corrected chi connectivity index (χ0v) is 16.1. The summed E-state index contributed by atoms with van der Waals surface area (Å²) in [6.07, 6.45) is 2.16. The number of nitrogens with one attached hydrogen (secondary N) is 1. The predicted molar refractivity (Wildman–Crippen MR) is 102 cm³/mol. The van der Waals surface area contributed by atoms with Crippen LogP contribution in [0.2, 0.25) is 5.02 Å². The first-order valence-corrected chi connectivity index (χ1v) is 10.6. The summed E-state index contributed by atoms with van der Waals surface area (Å²) in [4.78, 5) is 12.7. The molecule has 0 saturated carbocycles. The molecule has 0 bridgehead atoms. The molecule has 0 unspecified atom stereocenters. The van der Waals surface area contributed by atoms with Crippen molar-refractivity contribution in [2.45, 2.75) is 25.4 Å². The number of amides is 1. The summed E-state index contributed by atoms with van der Waals surface area (Å²) in [7, 11) is -3.49. The lowest BCUT2D eigenvalue weighted by Gasteiger charge is -2.34. The minimum atomic E-state index is -3.49. The number of hydrogen-bond acceptors (Lipinski definition) is 3. The van der Waals surface area contributed by atoms with Gasteiger partial charge in [0.1, 0.15) is 6.04 Å². The van der Waals surface area contributed by atoms with E-state index in [-0.39, 0.29) is 12.5 Å². The van der Waals surface area contributed by atoms with Gasteiger partial charge in [0, 0.05) is 18.1 Å². The highest BCUT2D eigenvalue weighted by Gasteiger charge is 2.36. The summed E-state index contributed by atoms with van der Waals surface area (Å²) >= 11 is 5.96. The Bertz CT molecular complexity index is 915. The topological polar surface area (TPSA) is 66.5 Å². The van der Waals surface area contributed by atoms with Gasteiger partial charge in [-0.25, -0.2) is 8.42 Å². The molecule has 0 radical (unpaired) electrons. The van der Waals surface area contributed by atoms with Crippen LogP contribution in [0.5, 0.6) is 0 Å². The molecule has 0 fully saturated rings. The van der Waals surface area contributed by atoms with Crippen molar-refractivity contribution in [1.82, 2.24) is 9.62 Å². The lowest BCUT2D eigenvalue weighted by molar-refractivity contribution is -0.125. The third-order valence-corrected chi connectivity index (χ3v) is 6.01. The second kappa shape index (κ2) is 7.78. The Labute approximate surface area is 159 Å². The van der Waals surface area contributed by atoms with E-state index in [1.165, 1.54) is 4.31 Å². The first kappa shape index (κ1) is 18.9. The van der Waals surface area contributed by atoms with E-state index in [4.69, 9.17) is 11.6 Å². The molecule has 138 valence electrons. The van der Waals surface area contributed by atoms with Crippen LogP contribution < -0.4 is 5.32 Å². The van der Waals surface area contributed by atoms with Crippen LogP contribution in [0.4, 0.5) is 0 Å². The van der Waals surface area contributed by atoms with Crippen LogP contribution >= 0.6 is 11.6 Å². The molecule has 0 aliphatic carbocycles. The Hall–Kier alpha value is -1.89. The SMILES string of the molecule is CS(=O)(=O)N1Cc2ccccc2C[C@@H]1C(=O)NCCc1cccc(Cl)c1. The number of carbonyl (C=O) groups excluding carboxylic acids is 1. The number of hydrogen-bond donors (Lipinski definition) is 1. The van der Waals surface area contributed by atoms with E-state index in [0.29, 0.717) is 24.4 Å². The highest BCUT2D eigenvalue weighted by atomic mass is 35.5. The Morgan fingerprint density at radius 1 is 1.19 bits per heavy atom. The van der Waals surface area contributed by atoms with Gasteiger partial charge in [0.2, 0.25) is 15.9 Å². The van der Waals surface area contributed by atoms with Crippen LogP contribution in [0.3, 0.4) is 0 Å². The zero-order valence-electron chi connectivity index (χ0n) is 14.5. The summed E-state index contributed by atoms with van der Waals surface area (Å²) in [5.41, 5.74) is 2.98. The number of halogens is 1. The molecule has 26 heavy (non-hydrogen) atoms. The van der Waals surface area contributed by atoms with Crippen LogP contribution in [0.15, 0.2) is 48.5 Å². The molecule has 7 heteroatoms. The van der Waals surface area contributed by atoms with E-state index in [1.54, 1.807) is 6.07 Å². The maximum Gasteiger partial charge on any atom is 0.238 e. The van der Waals surface area contributed by atoms with Gasteiger partial charge in [-0.2, -0.15) is 4.31 Å². The van der Waals surface area contributed by atoms with Gasteiger partial charge in [-0.1, -0.05) is 48.0 Å². The predicted octanol–water partition coefficient (Wildman–Crippen LogP) is 2.39. The Balaban J connectivity index is 1.70. The number of benzene rings is 2. The van der Waals surface area contributed by atoms with Crippen molar-refractivity contribution in [3.8, 4) is 0 Å². The second-order valence-electron chi connectivity index (χ2n) is 6.47. The van der Waals surface area contributed by atoms with Crippen LogP contribution in [0.25, 0.3) is 0 Å². The normalized spacial score (nSPS) is 17.5. The summed E-state index contributed by atoms with van der Waals surface area (Å²) in [6, 6.07) is 14.4. The van der Waals surface area contributed by atoms with Crippen molar-refractivity contribution in [2.75, 3.05) is 12.8 Å². The Kier molecular flexibility index (Phi) is 5.65. The molecule has 0 aromatic heterocycles. The van der Waals surface area contributed by atoms with Crippen molar-refractivity contribution in [3.05, 3.63) is 70.2 Å². The van der Waals surface area contributed by atoms with Crippen LogP contribution in [0, 0.1) is 0 Å². The van der Waals surface area contributed by atoms with E-state index >= 15 is 0 Å². The van der Waals surface area contributed by atoms with E-state index in [9.17, 15) is 13.2 Å². The van der Waals surface area contributed by atoms with Gasteiger partial charge in [-0.05, 0) is 41.7 Å². The van der Waals surface area contributed by atoms with Gasteiger partial charge in [-0.3, -0.25) is 4.79 Å². The molecule has 5 nitrogen and oxygen atoms in total. The minimum Gasteiger partial charge on any atom is -0.354 e. The Morgan fingerprint density at radius 3 is 2.62 bits per heavy atom. The lowest BCUT2D eigenvalue weighted by atomic mass is 9.95. The molecular weight excluding hydrogens is 372 g/mol. The second-order valence-corrected chi connectivity index (χ2v) is 8.84. The molecule has 2 aromatic carbocycles. The van der Waals surface area contributed by atoms with E-state index in [2.05, 4.69) is 5.32 Å². The Morgan fingerprint density at radius 2 is 1.92 bits per heavy atom. The number of nitrogens with zero attached hydrogens (tertiary/aromatic N) is 1. The number of fused-ring (bicyclic) bond motifs is 1. The third-order valence-electron chi connectivity index (χ3n) is 4.54. The molecule has 0 saturated heterocycles. The van der Waals surface area contributed by atoms with Crippen LogP contribution in [0.1, 0.15) is 16.7 Å². The lowest BCUT2D eigenvalue weighted by Crippen LogP contribution is -2.52. The summed E-state index contributed by atoms with van der Waals surface area (Å²) < 4.78 is 25.6. The summed E-state index contributed by atoms with van der Waals surface area (Å²) in [5.74, 6) is -0.271. The summed E-state index contributed by atoms with van der Waals surface area (Å²) in [6.45, 7) is 0.649. The van der Waals surface area contributed by atoms with Crippen molar-refractivity contribution < 1.29 is 13.2 Å². The van der Waals surface area contributed by atoms with Crippen LogP contribution in [-0.4, -0.2) is 37.5 Å². The molecule has 1 aliphatic rings. The first-order chi connectivity index (χ1) is 12.3. The highest BCUT2D eigenvalue weighted by molar-refractivity contribution is 7.88. The fourth-order valence-corrected chi connectivity index (χ4v) is 4.43. The smallest absolute Gasteiger partial charge is 0.238 e. The van der Waals surface area contributed by atoms with Gasteiger partial charge in [-0.15, -0.1) is 0 Å². The maximum atomic E-state index is 12.7. The molecule has 0 spiro atoms. The average molecular weight is 393 g/mol. The van der Waals surface area contributed by atoms with Crippen molar-refractivity contribution in [3.63, 3.8) is 0 Å².